The van der Waals surface area contributed by atoms with Crippen molar-refractivity contribution >= 4 is 51.4 Å². The van der Waals surface area contributed by atoms with Crippen LogP contribution in [0.15, 0.2) is 48.8 Å². The molecule has 3 aromatic rings. The van der Waals surface area contributed by atoms with E-state index in [1.807, 2.05) is 12.1 Å². The van der Waals surface area contributed by atoms with E-state index < -0.39 is 0 Å². The van der Waals surface area contributed by atoms with Gasteiger partial charge < -0.3 is 0 Å². The zero-order valence-electron chi connectivity index (χ0n) is 8.96. The summed E-state index contributed by atoms with van der Waals surface area (Å²) in [4.78, 5) is 8.69. The molecule has 2 aromatic heterocycles. The molecule has 0 saturated carbocycles. The molecule has 0 aliphatic carbocycles. The molecule has 0 aliphatic heterocycles. The van der Waals surface area contributed by atoms with Crippen LogP contribution in [0.1, 0.15) is 0 Å². The standard InChI is InChI=1S/C12H8N2.Na.V/c1-3-9-5-6-10-4-2-8-14-12(10)11(9)13-7-1;;/h1-8H;;. The quantitative estimate of drug-likeness (QED) is 0.454. The molecule has 1 aromatic carbocycles. The van der Waals surface area contributed by atoms with Gasteiger partial charge in [-0.1, -0.05) is 24.3 Å². The van der Waals surface area contributed by atoms with Crippen LogP contribution >= 0.6 is 0 Å². The number of pyridine rings is 2. The Hall–Kier alpha value is -0.376. The zero-order chi connectivity index (χ0) is 9.38. The van der Waals surface area contributed by atoms with Crippen molar-refractivity contribution in [3.8, 4) is 0 Å². The molecule has 2 nitrogen and oxygen atoms in total. The summed E-state index contributed by atoms with van der Waals surface area (Å²) in [6.07, 6.45) is 3.60. The Balaban J connectivity index is 0.000000640. The van der Waals surface area contributed by atoms with Gasteiger partial charge in [0, 0.05) is 71.3 Å². The maximum atomic E-state index is 4.35. The van der Waals surface area contributed by atoms with Gasteiger partial charge in [-0.3, -0.25) is 9.97 Å². The maximum absolute atomic E-state index is 4.35. The zero-order valence-corrected chi connectivity index (χ0v) is 12.4. The summed E-state index contributed by atoms with van der Waals surface area (Å²) in [6.45, 7) is 0. The topological polar surface area (TPSA) is 25.8 Å². The smallest absolute Gasteiger partial charge is 0.0964 e. The fourth-order valence-corrected chi connectivity index (χ4v) is 1.68. The molecule has 2 radical (unpaired) electrons. The van der Waals surface area contributed by atoms with E-state index in [-0.39, 0.29) is 48.1 Å². The van der Waals surface area contributed by atoms with Crippen molar-refractivity contribution in [1.82, 2.24) is 9.97 Å². The first-order valence-electron chi connectivity index (χ1n) is 4.53. The summed E-state index contributed by atoms with van der Waals surface area (Å²) in [5.74, 6) is 0. The molecule has 4 heteroatoms. The summed E-state index contributed by atoms with van der Waals surface area (Å²) in [7, 11) is 0. The minimum Gasteiger partial charge on any atom is -0.254 e. The molecule has 3 rings (SSSR count). The Labute approximate surface area is 128 Å². The minimum atomic E-state index is 0. The molecular formula is C12H8N2NaV. The summed E-state index contributed by atoms with van der Waals surface area (Å²) in [5.41, 5.74) is 1.95. The Morgan fingerprint density at radius 1 is 0.688 bits per heavy atom. The molecule has 0 fully saturated rings. The fourth-order valence-electron chi connectivity index (χ4n) is 1.68. The second-order valence-corrected chi connectivity index (χ2v) is 3.22. The van der Waals surface area contributed by atoms with Crippen LogP contribution in [0.25, 0.3) is 21.8 Å². The van der Waals surface area contributed by atoms with Crippen molar-refractivity contribution in [3.05, 3.63) is 48.8 Å². The van der Waals surface area contributed by atoms with Crippen LogP contribution < -0.4 is 0 Å². The predicted octanol–water partition coefficient (Wildman–Crippen LogP) is 2.40. The van der Waals surface area contributed by atoms with Crippen LogP contribution in [0.5, 0.6) is 0 Å². The Morgan fingerprint density at radius 2 is 1.12 bits per heavy atom. The van der Waals surface area contributed by atoms with E-state index in [4.69, 9.17) is 0 Å². The van der Waals surface area contributed by atoms with Crippen LogP contribution in [0.4, 0.5) is 0 Å². The second-order valence-electron chi connectivity index (χ2n) is 3.22. The summed E-state index contributed by atoms with van der Waals surface area (Å²) >= 11 is 0. The van der Waals surface area contributed by atoms with Crippen LogP contribution in [-0.2, 0) is 18.6 Å². The van der Waals surface area contributed by atoms with Gasteiger partial charge in [-0.05, 0) is 12.1 Å². The van der Waals surface area contributed by atoms with Crippen molar-refractivity contribution in [1.29, 1.82) is 0 Å². The third kappa shape index (κ3) is 2.32. The van der Waals surface area contributed by atoms with Crippen molar-refractivity contribution < 1.29 is 18.6 Å². The molecule has 0 aliphatic rings. The molecule has 0 atom stereocenters. The number of benzene rings is 1. The largest absolute Gasteiger partial charge is 0.254 e. The van der Waals surface area contributed by atoms with Gasteiger partial charge in [-0.25, -0.2) is 0 Å². The SMILES string of the molecule is [Na].[V].c1cnc2c(c1)ccc1cccnc12. The Bertz CT molecular complexity index is 558. The summed E-state index contributed by atoms with van der Waals surface area (Å²) in [5, 5.41) is 2.28. The van der Waals surface area contributed by atoms with E-state index in [1.165, 1.54) is 0 Å². The van der Waals surface area contributed by atoms with Gasteiger partial charge in [0.1, 0.15) is 0 Å². The van der Waals surface area contributed by atoms with Crippen LogP contribution in [0, 0.1) is 0 Å². The van der Waals surface area contributed by atoms with E-state index in [2.05, 4.69) is 34.2 Å². The Kier molecular flexibility index (Phi) is 4.97. The molecule has 16 heavy (non-hydrogen) atoms. The van der Waals surface area contributed by atoms with E-state index in [0.717, 1.165) is 21.8 Å². The Morgan fingerprint density at radius 3 is 1.56 bits per heavy atom. The van der Waals surface area contributed by atoms with E-state index in [1.54, 1.807) is 12.4 Å². The third-order valence-corrected chi connectivity index (χ3v) is 2.34. The average Bonchev–Trinajstić information content (AvgIpc) is 2.29. The minimum absolute atomic E-state index is 0. The van der Waals surface area contributed by atoms with Gasteiger partial charge >= 0.3 is 0 Å². The molecular weight excluding hydrogens is 246 g/mol. The molecule has 0 spiro atoms. The van der Waals surface area contributed by atoms with Crippen LogP contribution in [0.3, 0.4) is 0 Å². The van der Waals surface area contributed by atoms with Crippen LogP contribution in [0.2, 0.25) is 0 Å². The molecule has 72 valence electrons. The van der Waals surface area contributed by atoms with Gasteiger partial charge in [-0.15, -0.1) is 0 Å². The van der Waals surface area contributed by atoms with Gasteiger partial charge in [-0.2, -0.15) is 0 Å². The normalized spacial score (nSPS) is 9.50. The first kappa shape index (κ1) is 13.7. The number of aromatic nitrogens is 2. The second kappa shape index (κ2) is 5.81. The average molecular weight is 254 g/mol. The molecule has 0 bridgehead atoms. The van der Waals surface area contributed by atoms with Crippen LogP contribution in [-0.4, -0.2) is 39.5 Å². The van der Waals surface area contributed by atoms with Gasteiger partial charge in [0.2, 0.25) is 0 Å². The molecule has 0 amide bonds. The first-order valence-corrected chi connectivity index (χ1v) is 4.53. The van der Waals surface area contributed by atoms with E-state index >= 15 is 0 Å². The predicted molar refractivity (Wildman–Crippen MR) is 62.8 cm³/mol. The maximum Gasteiger partial charge on any atom is 0.0964 e. The first-order chi connectivity index (χ1) is 6.95. The summed E-state index contributed by atoms with van der Waals surface area (Å²) in [6, 6.07) is 12.1. The van der Waals surface area contributed by atoms with Crippen molar-refractivity contribution in [2.45, 2.75) is 0 Å². The molecule has 0 N–H and O–H groups in total. The monoisotopic (exact) mass is 254 g/mol. The molecule has 0 unspecified atom stereocenters. The van der Waals surface area contributed by atoms with Crippen molar-refractivity contribution in [3.63, 3.8) is 0 Å². The van der Waals surface area contributed by atoms with Gasteiger partial charge in [0.15, 0.2) is 0 Å². The fraction of sp³-hybridized carbons (Fsp3) is 0. The molecule has 0 saturated heterocycles. The third-order valence-electron chi connectivity index (χ3n) is 2.34. The van der Waals surface area contributed by atoms with E-state index in [0.29, 0.717) is 0 Å². The van der Waals surface area contributed by atoms with E-state index in [9.17, 15) is 0 Å². The summed E-state index contributed by atoms with van der Waals surface area (Å²) < 4.78 is 0. The molecule has 2 heterocycles. The van der Waals surface area contributed by atoms with Gasteiger partial charge in [0.05, 0.1) is 11.0 Å². The number of hydrogen-bond acceptors (Lipinski definition) is 2. The number of fused-ring (bicyclic) bond motifs is 3. The number of hydrogen-bond donors (Lipinski definition) is 0. The van der Waals surface area contributed by atoms with Crippen molar-refractivity contribution in [2.24, 2.45) is 0 Å². The van der Waals surface area contributed by atoms with Gasteiger partial charge in [0.25, 0.3) is 0 Å². The van der Waals surface area contributed by atoms with Crippen molar-refractivity contribution in [2.75, 3.05) is 0 Å². The number of nitrogens with zero attached hydrogens (tertiary/aromatic N) is 2. The number of rotatable bonds is 0.